The van der Waals surface area contributed by atoms with E-state index in [4.69, 9.17) is 0 Å². The van der Waals surface area contributed by atoms with E-state index < -0.39 is 0 Å². The van der Waals surface area contributed by atoms with E-state index in [1.807, 2.05) is 47.5 Å². The topological polar surface area (TPSA) is 35.6 Å². The molecule has 6 heterocycles. The lowest BCUT2D eigenvalue weighted by molar-refractivity contribution is 1.19. The Labute approximate surface area is 395 Å². The van der Waals surface area contributed by atoms with E-state index in [1.165, 1.54) is 127 Å². The van der Waals surface area contributed by atoms with Crippen molar-refractivity contribution in [3.63, 3.8) is 0 Å². The van der Waals surface area contributed by atoms with Crippen LogP contribution in [0.15, 0.2) is 207 Å². The molecule has 0 aliphatic rings. The predicted octanol–water partition coefficient (Wildman–Crippen LogP) is 17.7. The first-order valence-electron chi connectivity index (χ1n) is 23.0. The second-order valence-electron chi connectivity index (χ2n) is 18.1. The van der Waals surface area contributed by atoms with Crippen LogP contribution in [0.25, 0.3) is 150 Å². The van der Waals surface area contributed by atoms with Gasteiger partial charge >= 0.3 is 0 Å². The minimum Gasteiger partial charge on any atom is -0.309 e. The first-order chi connectivity index (χ1) is 33.7. The molecule has 68 heavy (non-hydrogen) atoms. The van der Waals surface area contributed by atoms with Gasteiger partial charge in [0, 0.05) is 110 Å². The molecule has 0 saturated heterocycles. The van der Waals surface area contributed by atoms with Crippen LogP contribution in [0.5, 0.6) is 0 Å². The van der Waals surface area contributed by atoms with Crippen molar-refractivity contribution in [1.82, 2.24) is 19.1 Å². The lowest BCUT2D eigenvalue weighted by Gasteiger charge is -2.12. The smallest absolute Gasteiger partial charge is 0.0719 e. The lowest BCUT2D eigenvalue weighted by Crippen LogP contribution is -1.95. The molecule has 0 bridgehead atoms. The Bertz CT molecular complexity index is 4870. The molecule has 0 amide bonds. The molecule has 6 heteroatoms. The zero-order valence-electron chi connectivity index (χ0n) is 36.2. The molecule has 0 saturated carbocycles. The SMILES string of the molecule is c1ccc2c(c1)sc1c2ccc2c3c4cccc(-c5ccc6sc7c(c6c5)c5ccccc5c5c7c6ccccc6n5-c5ccc6cnccc6c5)c4ccc3n(-c3ccc4cnccc4c3)c21. The van der Waals surface area contributed by atoms with Gasteiger partial charge in [-0.05, 0) is 105 Å². The van der Waals surface area contributed by atoms with Gasteiger partial charge in [-0.3, -0.25) is 9.97 Å². The van der Waals surface area contributed by atoms with Gasteiger partial charge in [0.1, 0.15) is 0 Å². The Hall–Kier alpha value is -8.42. The van der Waals surface area contributed by atoms with E-state index in [9.17, 15) is 0 Å². The maximum Gasteiger partial charge on any atom is 0.0719 e. The highest BCUT2D eigenvalue weighted by Crippen LogP contribution is 2.50. The monoisotopic (exact) mass is 898 g/mol. The van der Waals surface area contributed by atoms with E-state index >= 15 is 0 Å². The average molecular weight is 899 g/mol. The molecular formula is C62H34N4S2. The number of rotatable bonds is 3. The summed E-state index contributed by atoms with van der Waals surface area (Å²) >= 11 is 3.82. The molecular weight excluding hydrogens is 865 g/mol. The number of aromatic nitrogens is 4. The van der Waals surface area contributed by atoms with Gasteiger partial charge in [0.05, 0.1) is 26.8 Å². The number of para-hydroxylation sites is 1. The Morgan fingerprint density at radius 2 is 0.971 bits per heavy atom. The van der Waals surface area contributed by atoms with Crippen LogP contribution in [0.1, 0.15) is 0 Å². The molecule has 16 rings (SSSR count). The van der Waals surface area contributed by atoms with E-state index in [2.05, 4.69) is 201 Å². The van der Waals surface area contributed by atoms with E-state index in [-0.39, 0.29) is 0 Å². The van der Waals surface area contributed by atoms with Crippen molar-refractivity contribution in [2.24, 2.45) is 0 Å². The number of fused-ring (bicyclic) bond motifs is 21. The van der Waals surface area contributed by atoms with Gasteiger partial charge in [0.2, 0.25) is 0 Å². The second-order valence-corrected chi connectivity index (χ2v) is 20.2. The third kappa shape index (κ3) is 4.92. The molecule has 0 fully saturated rings. The molecule has 0 aliphatic carbocycles. The van der Waals surface area contributed by atoms with Gasteiger partial charge < -0.3 is 9.13 Å². The van der Waals surface area contributed by atoms with Crippen molar-refractivity contribution in [2.75, 3.05) is 0 Å². The summed E-state index contributed by atoms with van der Waals surface area (Å²) in [7, 11) is 0. The number of thiophene rings is 2. The summed E-state index contributed by atoms with van der Waals surface area (Å²) in [4.78, 5) is 8.81. The van der Waals surface area contributed by atoms with Crippen molar-refractivity contribution >= 4 is 150 Å². The van der Waals surface area contributed by atoms with Gasteiger partial charge in [-0.1, -0.05) is 115 Å². The zero-order valence-corrected chi connectivity index (χ0v) is 37.9. The Kier molecular flexibility index (Phi) is 7.34. The van der Waals surface area contributed by atoms with Crippen LogP contribution in [-0.2, 0) is 0 Å². The highest BCUT2D eigenvalue weighted by atomic mass is 32.1. The largest absolute Gasteiger partial charge is 0.309 e. The van der Waals surface area contributed by atoms with Gasteiger partial charge in [0.25, 0.3) is 0 Å². The number of nitrogens with zero attached hydrogens (tertiary/aromatic N) is 4. The van der Waals surface area contributed by atoms with E-state index in [1.54, 1.807) is 0 Å². The summed E-state index contributed by atoms with van der Waals surface area (Å²) in [6.07, 6.45) is 7.67. The fourth-order valence-electron chi connectivity index (χ4n) is 11.7. The van der Waals surface area contributed by atoms with Crippen LogP contribution in [0.4, 0.5) is 0 Å². The molecule has 4 nitrogen and oxygen atoms in total. The van der Waals surface area contributed by atoms with Gasteiger partial charge in [-0.25, -0.2) is 0 Å². The fourth-order valence-corrected chi connectivity index (χ4v) is 14.2. The Morgan fingerprint density at radius 1 is 0.338 bits per heavy atom. The first-order valence-corrected chi connectivity index (χ1v) is 24.7. The standard InChI is InChI=1S/C62H34N4S2/c1-2-10-47-46(9-1)57-51-32-37(18-25-55(51)68-62(57)58-49-11-3-5-14-52(49)65(59(47)58)40-19-16-38-33-63-28-26-35(38)30-40)42-12-7-13-45-43(42)23-24-53-56(45)50-22-21-48-44-8-4-6-15-54(44)67-61(48)60(50)66(53)41-20-17-39-34-64-29-27-36(39)31-41/h1-34H. The number of pyridine rings is 2. The molecule has 16 aromatic rings. The van der Waals surface area contributed by atoms with Crippen LogP contribution < -0.4 is 0 Å². The molecule has 0 unspecified atom stereocenters. The van der Waals surface area contributed by atoms with Crippen molar-refractivity contribution < 1.29 is 0 Å². The molecule has 314 valence electrons. The third-order valence-corrected chi connectivity index (χ3v) is 17.0. The van der Waals surface area contributed by atoms with Crippen molar-refractivity contribution in [1.29, 1.82) is 0 Å². The summed E-state index contributed by atoms with van der Waals surface area (Å²) in [6.45, 7) is 0. The van der Waals surface area contributed by atoms with Gasteiger partial charge in [0.15, 0.2) is 0 Å². The number of benzene rings is 10. The fraction of sp³-hybridized carbons (Fsp3) is 0. The highest BCUT2D eigenvalue weighted by Gasteiger charge is 2.24. The zero-order chi connectivity index (χ0) is 44.2. The minimum atomic E-state index is 1.14. The number of hydrogen-bond donors (Lipinski definition) is 0. The summed E-state index contributed by atoms with van der Waals surface area (Å²) in [5, 5.41) is 20.0. The third-order valence-electron chi connectivity index (χ3n) is 14.6. The minimum absolute atomic E-state index is 1.14. The van der Waals surface area contributed by atoms with Crippen LogP contribution in [0.3, 0.4) is 0 Å². The molecule has 0 N–H and O–H groups in total. The predicted molar refractivity (Wildman–Crippen MR) is 292 cm³/mol. The van der Waals surface area contributed by atoms with E-state index in [0.29, 0.717) is 0 Å². The summed E-state index contributed by atoms with van der Waals surface area (Å²) < 4.78 is 10.2. The van der Waals surface area contributed by atoms with Crippen molar-refractivity contribution in [2.45, 2.75) is 0 Å². The van der Waals surface area contributed by atoms with Crippen LogP contribution in [0, 0.1) is 0 Å². The van der Waals surface area contributed by atoms with Gasteiger partial charge in [-0.2, -0.15) is 0 Å². The first kappa shape index (κ1) is 36.8. The molecule has 0 aliphatic heterocycles. The van der Waals surface area contributed by atoms with Crippen LogP contribution >= 0.6 is 22.7 Å². The summed E-state index contributed by atoms with van der Waals surface area (Å²) in [6, 6.07) is 68.1. The van der Waals surface area contributed by atoms with E-state index in [0.717, 1.165) is 22.1 Å². The number of hydrogen-bond acceptors (Lipinski definition) is 4. The summed E-state index contributed by atoms with van der Waals surface area (Å²) in [5.41, 5.74) is 9.68. The maximum atomic E-state index is 4.41. The highest BCUT2D eigenvalue weighted by molar-refractivity contribution is 7.27. The van der Waals surface area contributed by atoms with Crippen LogP contribution in [0.2, 0.25) is 0 Å². The lowest BCUT2D eigenvalue weighted by atomic mass is 9.94. The van der Waals surface area contributed by atoms with Crippen LogP contribution in [-0.4, -0.2) is 19.1 Å². The maximum absolute atomic E-state index is 4.41. The van der Waals surface area contributed by atoms with Gasteiger partial charge in [-0.15, -0.1) is 22.7 Å². The summed E-state index contributed by atoms with van der Waals surface area (Å²) in [5.74, 6) is 0. The normalized spacial score (nSPS) is 12.4. The molecule has 10 aromatic carbocycles. The second kappa shape index (κ2) is 13.6. The average Bonchev–Trinajstić information content (AvgIpc) is 4.16. The Balaban J connectivity index is 0.960. The molecule has 0 radical (unpaired) electrons. The molecule has 0 spiro atoms. The quantitative estimate of drug-likeness (QED) is 0.177. The molecule has 6 aromatic heterocycles. The molecule has 0 atom stereocenters. The van der Waals surface area contributed by atoms with Crippen molar-refractivity contribution in [3.8, 4) is 22.5 Å². The Morgan fingerprint density at radius 3 is 1.78 bits per heavy atom. The van der Waals surface area contributed by atoms with Crippen molar-refractivity contribution in [3.05, 3.63) is 207 Å².